The number of hydrogen-bond acceptors (Lipinski definition) is 4. The van der Waals surface area contributed by atoms with Gasteiger partial charge in [-0.25, -0.2) is 0 Å². The Morgan fingerprint density at radius 3 is 2.85 bits per heavy atom. The molecule has 0 fully saturated rings. The molecule has 0 radical (unpaired) electrons. The maximum Gasteiger partial charge on any atom is 0.306 e. The van der Waals surface area contributed by atoms with E-state index in [9.17, 15) is 9.90 Å². The molecule has 1 N–H and O–H groups in total. The third-order valence-corrected chi connectivity index (χ3v) is 2.96. The zero-order chi connectivity index (χ0) is 14.4. The van der Waals surface area contributed by atoms with Crippen molar-refractivity contribution in [3.63, 3.8) is 0 Å². The number of rotatable bonds is 5. The highest BCUT2D eigenvalue weighted by atomic mass is 16.5. The first-order valence-electron chi connectivity index (χ1n) is 6.58. The number of benzene rings is 1. The smallest absolute Gasteiger partial charge is 0.306 e. The van der Waals surface area contributed by atoms with Gasteiger partial charge in [-0.15, -0.1) is 0 Å². The molecule has 0 bridgehead atoms. The number of ether oxygens (including phenoxy) is 1. The van der Waals surface area contributed by atoms with Gasteiger partial charge in [0.2, 0.25) is 0 Å². The highest BCUT2D eigenvalue weighted by Gasteiger charge is 2.08. The number of pyridine rings is 1. The lowest BCUT2D eigenvalue weighted by Crippen LogP contribution is -2.05. The molecular weight excluding hydrogens is 254 g/mol. The second kappa shape index (κ2) is 6.70. The van der Waals surface area contributed by atoms with E-state index < -0.39 is 0 Å². The molecule has 0 aliphatic rings. The number of aryl methyl sites for hydroxylation is 1. The molecule has 1 heterocycles. The van der Waals surface area contributed by atoms with Gasteiger partial charge in [-0.2, -0.15) is 0 Å². The quantitative estimate of drug-likeness (QED) is 0.849. The van der Waals surface area contributed by atoms with Gasteiger partial charge in [-0.05, 0) is 30.5 Å². The van der Waals surface area contributed by atoms with Crippen LogP contribution >= 0.6 is 0 Å². The fraction of sp³-hybridized carbons (Fsp3) is 0.250. The number of aromatic nitrogens is 1. The van der Waals surface area contributed by atoms with Crippen LogP contribution in [0, 0.1) is 0 Å². The van der Waals surface area contributed by atoms with Gasteiger partial charge in [0, 0.05) is 18.2 Å². The van der Waals surface area contributed by atoms with Crippen molar-refractivity contribution in [1.29, 1.82) is 0 Å². The minimum Gasteiger partial charge on any atom is -0.506 e. The molecule has 4 nitrogen and oxygen atoms in total. The van der Waals surface area contributed by atoms with E-state index in [1.54, 1.807) is 19.2 Å². The van der Waals surface area contributed by atoms with E-state index in [1.807, 2.05) is 24.3 Å². The molecule has 0 spiro atoms. The fourth-order valence-electron chi connectivity index (χ4n) is 2.06. The van der Waals surface area contributed by atoms with Crippen LogP contribution in [0.25, 0.3) is 11.1 Å². The summed E-state index contributed by atoms with van der Waals surface area (Å²) in [4.78, 5) is 15.4. The minimum absolute atomic E-state index is 0.127. The van der Waals surface area contributed by atoms with Crippen LogP contribution in [0.2, 0.25) is 0 Å². The van der Waals surface area contributed by atoms with Crippen LogP contribution in [0.5, 0.6) is 5.75 Å². The predicted molar refractivity (Wildman–Crippen MR) is 76.3 cm³/mol. The maximum atomic E-state index is 11.4. The molecule has 0 aliphatic heterocycles. The normalized spacial score (nSPS) is 10.2. The number of hydrogen-bond donors (Lipinski definition) is 1. The van der Waals surface area contributed by atoms with Crippen LogP contribution in [0.15, 0.2) is 42.7 Å². The summed E-state index contributed by atoms with van der Waals surface area (Å²) in [5.74, 6) is -0.0703. The second-order valence-electron chi connectivity index (χ2n) is 4.39. The van der Waals surface area contributed by atoms with E-state index in [1.165, 1.54) is 6.20 Å². The zero-order valence-electron chi connectivity index (χ0n) is 11.4. The van der Waals surface area contributed by atoms with E-state index in [2.05, 4.69) is 4.98 Å². The van der Waals surface area contributed by atoms with Crippen LogP contribution in [0.4, 0.5) is 0 Å². The molecular formula is C16H17NO3. The summed E-state index contributed by atoms with van der Waals surface area (Å²) in [6.45, 7) is 2.20. The molecule has 0 atom stereocenters. The van der Waals surface area contributed by atoms with Crippen molar-refractivity contribution in [2.24, 2.45) is 0 Å². The van der Waals surface area contributed by atoms with Gasteiger partial charge in [0.15, 0.2) is 0 Å². The fourth-order valence-corrected chi connectivity index (χ4v) is 2.06. The Morgan fingerprint density at radius 1 is 1.30 bits per heavy atom. The molecule has 1 aromatic carbocycles. The van der Waals surface area contributed by atoms with Gasteiger partial charge < -0.3 is 9.84 Å². The van der Waals surface area contributed by atoms with Gasteiger partial charge in [0.1, 0.15) is 5.75 Å². The van der Waals surface area contributed by atoms with Crippen LogP contribution in [0.1, 0.15) is 18.9 Å². The minimum atomic E-state index is -0.198. The third-order valence-electron chi connectivity index (χ3n) is 2.96. The Balaban J connectivity index is 2.20. The van der Waals surface area contributed by atoms with Crippen LogP contribution in [-0.4, -0.2) is 22.7 Å². The summed E-state index contributed by atoms with van der Waals surface area (Å²) in [5, 5.41) is 9.52. The molecule has 104 valence electrons. The van der Waals surface area contributed by atoms with Crippen LogP contribution in [-0.2, 0) is 16.0 Å². The van der Waals surface area contributed by atoms with Crippen molar-refractivity contribution in [3.05, 3.63) is 48.3 Å². The second-order valence-corrected chi connectivity index (χ2v) is 4.39. The first kappa shape index (κ1) is 14.1. The number of carbonyl (C=O) groups is 1. The molecule has 0 aliphatic carbocycles. The predicted octanol–water partition coefficient (Wildman–Crippen LogP) is 2.95. The molecule has 20 heavy (non-hydrogen) atoms. The average Bonchev–Trinajstić information content (AvgIpc) is 2.46. The Kier molecular flexibility index (Phi) is 4.71. The molecule has 4 heteroatoms. The van der Waals surface area contributed by atoms with Crippen LogP contribution < -0.4 is 0 Å². The lowest BCUT2D eigenvalue weighted by Gasteiger charge is -2.09. The number of carbonyl (C=O) groups excluding carboxylic acids is 1. The number of esters is 1. The van der Waals surface area contributed by atoms with Crippen molar-refractivity contribution < 1.29 is 14.6 Å². The van der Waals surface area contributed by atoms with E-state index in [0.717, 1.165) is 16.7 Å². The molecule has 2 rings (SSSR count). The summed E-state index contributed by atoms with van der Waals surface area (Å²) in [5.41, 5.74) is 2.85. The first-order valence-corrected chi connectivity index (χ1v) is 6.58. The SMILES string of the molecule is CCOC(=O)CCc1ccccc1-c1cncc(O)c1. The third kappa shape index (κ3) is 3.57. The first-order chi connectivity index (χ1) is 9.70. The monoisotopic (exact) mass is 271 g/mol. The Hall–Kier alpha value is -2.36. The Labute approximate surface area is 118 Å². The Bertz CT molecular complexity index is 596. The van der Waals surface area contributed by atoms with Gasteiger partial charge >= 0.3 is 5.97 Å². The maximum absolute atomic E-state index is 11.4. The van der Waals surface area contributed by atoms with Crippen molar-refractivity contribution in [2.75, 3.05) is 6.61 Å². The van der Waals surface area contributed by atoms with Crippen LogP contribution in [0.3, 0.4) is 0 Å². The van der Waals surface area contributed by atoms with E-state index in [0.29, 0.717) is 19.4 Å². The summed E-state index contributed by atoms with van der Waals surface area (Å²) in [7, 11) is 0. The topological polar surface area (TPSA) is 59.4 Å². The Morgan fingerprint density at radius 2 is 2.10 bits per heavy atom. The van der Waals surface area contributed by atoms with E-state index in [-0.39, 0.29) is 11.7 Å². The standard InChI is InChI=1S/C16H17NO3/c1-2-20-16(19)8-7-12-5-3-4-6-15(12)13-9-14(18)11-17-10-13/h3-6,9-11,18H,2,7-8H2,1H3. The van der Waals surface area contributed by atoms with E-state index >= 15 is 0 Å². The summed E-state index contributed by atoms with van der Waals surface area (Å²) >= 11 is 0. The number of nitrogens with zero attached hydrogens (tertiary/aromatic N) is 1. The van der Waals surface area contributed by atoms with Gasteiger partial charge in [0.25, 0.3) is 0 Å². The molecule has 2 aromatic rings. The zero-order valence-corrected chi connectivity index (χ0v) is 11.4. The van der Waals surface area contributed by atoms with Crippen molar-refractivity contribution in [3.8, 4) is 16.9 Å². The summed E-state index contributed by atoms with van der Waals surface area (Å²) in [6.07, 6.45) is 4.04. The molecule has 0 saturated heterocycles. The molecule has 1 aromatic heterocycles. The van der Waals surface area contributed by atoms with Crippen molar-refractivity contribution >= 4 is 5.97 Å². The summed E-state index contributed by atoms with van der Waals surface area (Å²) < 4.78 is 4.94. The highest BCUT2D eigenvalue weighted by molar-refractivity contribution is 5.72. The molecule has 0 amide bonds. The lowest BCUT2D eigenvalue weighted by atomic mass is 9.98. The lowest BCUT2D eigenvalue weighted by molar-refractivity contribution is -0.143. The largest absolute Gasteiger partial charge is 0.506 e. The average molecular weight is 271 g/mol. The van der Waals surface area contributed by atoms with Gasteiger partial charge in [-0.3, -0.25) is 9.78 Å². The molecule has 0 saturated carbocycles. The van der Waals surface area contributed by atoms with E-state index in [4.69, 9.17) is 4.74 Å². The van der Waals surface area contributed by atoms with Gasteiger partial charge in [0.05, 0.1) is 12.8 Å². The molecule has 0 unspecified atom stereocenters. The van der Waals surface area contributed by atoms with Crippen molar-refractivity contribution in [2.45, 2.75) is 19.8 Å². The van der Waals surface area contributed by atoms with Crippen molar-refractivity contribution in [1.82, 2.24) is 4.98 Å². The highest BCUT2D eigenvalue weighted by Crippen LogP contribution is 2.26. The summed E-state index contributed by atoms with van der Waals surface area (Å²) in [6, 6.07) is 9.44. The van der Waals surface area contributed by atoms with Gasteiger partial charge in [-0.1, -0.05) is 24.3 Å². The number of aromatic hydroxyl groups is 1.